The van der Waals surface area contributed by atoms with Gasteiger partial charge in [-0.1, -0.05) is 18.2 Å². The molecule has 0 saturated carbocycles. The molecule has 0 atom stereocenters. The van der Waals surface area contributed by atoms with Crippen LogP contribution in [0.5, 0.6) is 5.75 Å². The van der Waals surface area contributed by atoms with E-state index in [-0.39, 0.29) is 26.2 Å². The first-order valence-electron chi connectivity index (χ1n) is 3.11. The molecule has 0 spiro atoms. The minimum absolute atomic E-state index is 0. The van der Waals surface area contributed by atoms with E-state index in [1.54, 1.807) is 0 Å². The summed E-state index contributed by atoms with van der Waals surface area (Å²) >= 11 is 0. The molecule has 56 valence electrons. The fourth-order valence-corrected chi connectivity index (χ4v) is 0.683. The zero-order valence-electron chi connectivity index (χ0n) is 6.21. The molecule has 0 aromatic heterocycles. The van der Waals surface area contributed by atoms with Gasteiger partial charge in [0, 0.05) is 0 Å². The number of ether oxygens (including phenoxy) is 1. The van der Waals surface area contributed by atoms with Crippen LogP contribution in [0.1, 0.15) is 6.92 Å². The fraction of sp³-hybridized carbons (Fsp3) is 0.250. The average Bonchev–Trinajstić information content (AvgIpc) is 1.91. The van der Waals surface area contributed by atoms with Crippen LogP contribution in [0.2, 0.25) is 0 Å². The van der Waals surface area contributed by atoms with Crippen LogP contribution >= 0.6 is 0 Å². The minimum atomic E-state index is 0. The molecular formula is C8H13BiO. The summed E-state index contributed by atoms with van der Waals surface area (Å²) in [4.78, 5) is 0. The quantitative estimate of drug-likeness (QED) is 0.731. The molecule has 2 heteroatoms. The molecule has 0 N–H and O–H groups in total. The summed E-state index contributed by atoms with van der Waals surface area (Å²) in [7, 11) is 0. The van der Waals surface area contributed by atoms with Crippen molar-refractivity contribution in [1.29, 1.82) is 0 Å². The topological polar surface area (TPSA) is 9.23 Å². The number of rotatable bonds is 2. The first-order valence-corrected chi connectivity index (χ1v) is 3.11. The zero-order valence-corrected chi connectivity index (χ0v) is 11.7. The molecule has 1 rings (SSSR count). The number of hydrogen-bond acceptors (Lipinski definition) is 1. The van der Waals surface area contributed by atoms with E-state index in [1.807, 2.05) is 37.3 Å². The van der Waals surface area contributed by atoms with Crippen molar-refractivity contribution < 1.29 is 4.74 Å². The molecule has 0 aliphatic heterocycles. The first kappa shape index (κ1) is 9.90. The van der Waals surface area contributed by atoms with Gasteiger partial charge in [0.05, 0.1) is 6.61 Å². The van der Waals surface area contributed by atoms with Gasteiger partial charge in [-0.15, -0.1) is 0 Å². The van der Waals surface area contributed by atoms with Gasteiger partial charge in [-0.25, -0.2) is 0 Å². The van der Waals surface area contributed by atoms with E-state index in [4.69, 9.17) is 4.74 Å². The van der Waals surface area contributed by atoms with Gasteiger partial charge in [-0.3, -0.25) is 0 Å². The molecule has 10 heavy (non-hydrogen) atoms. The summed E-state index contributed by atoms with van der Waals surface area (Å²) < 4.78 is 5.21. The third-order valence-corrected chi connectivity index (χ3v) is 1.05. The van der Waals surface area contributed by atoms with E-state index in [2.05, 4.69) is 0 Å². The summed E-state index contributed by atoms with van der Waals surface area (Å²) in [6.45, 7) is 2.72. The SMILES string of the molecule is CCOc1ccccc1.[BiH3]. The Morgan fingerprint density at radius 3 is 2.30 bits per heavy atom. The molecule has 0 heterocycles. The van der Waals surface area contributed by atoms with Gasteiger partial charge in [0.2, 0.25) is 0 Å². The van der Waals surface area contributed by atoms with Gasteiger partial charge in [0.1, 0.15) is 5.75 Å². The van der Waals surface area contributed by atoms with Crippen molar-refractivity contribution in [3.05, 3.63) is 30.3 Å². The Morgan fingerprint density at radius 2 is 1.80 bits per heavy atom. The number of hydrogen-bond donors (Lipinski definition) is 0. The molecule has 0 aliphatic rings. The third-order valence-electron chi connectivity index (χ3n) is 1.05. The van der Waals surface area contributed by atoms with Gasteiger partial charge in [-0.05, 0) is 19.1 Å². The Kier molecular flexibility index (Phi) is 5.62. The van der Waals surface area contributed by atoms with E-state index in [0.717, 1.165) is 12.4 Å². The van der Waals surface area contributed by atoms with Crippen molar-refractivity contribution in [3.8, 4) is 5.75 Å². The Hall–Kier alpha value is -0.0969. The van der Waals surface area contributed by atoms with Crippen LogP contribution in [0, 0.1) is 0 Å². The van der Waals surface area contributed by atoms with Crippen LogP contribution in [0.4, 0.5) is 0 Å². The Balaban J connectivity index is 0.000000810. The molecule has 1 aromatic rings. The van der Waals surface area contributed by atoms with E-state index >= 15 is 0 Å². The van der Waals surface area contributed by atoms with E-state index < -0.39 is 0 Å². The van der Waals surface area contributed by atoms with E-state index in [9.17, 15) is 0 Å². The summed E-state index contributed by atoms with van der Waals surface area (Å²) in [6, 6.07) is 9.80. The van der Waals surface area contributed by atoms with Crippen LogP contribution < -0.4 is 4.74 Å². The predicted molar refractivity (Wildman–Crippen MR) is 47.6 cm³/mol. The number of para-hydroxylation sites is 1. The normalized spacial score (nSPS) is 8.10. The molecule has 0 bridgehead atoms. The molecule has 0 radical (unpaired) electrons. The van der Waals surface area contributed by atoms with Gasteiger partial charge in [0.15, 0.2) is 0 Å². The van der Waals surface area contributed by atoms with Crippen molar-refractivity contribution in [3.63, 3.8) is 0 Å². The monoisotopic (exact) mass is 334 g/mol. The van der Waals surface area contributed by atoms with Gasteiger partial charge < -0.3 is 4.74 Å². The zero-order chi connectivity index (χ0) is 6.53. The summed E-state index contributed by atoms with van der Waals surface area (Å²) in [5.74, 6) is 0.944. The van der Waals surface area contributed by atoms with Crippen LogP contribution in [0.3, 0.4) is 0 Å². The number of benzene rings is 1. The second-order valence-electron chi connectivity index (χ2n) is 1.75. The average molecular weight is 334 g/mol. The standard InChI is InChI=1S/C8H10O.Bi.3H/c1-2-9-8-6-4-3-5-7-8;;;;/h3-7H,2H2,1H3;;;;. The summed E-state index contributed by atoms with van der Waals surface area (Å²) in [5.41, 5.74) is 0. The van der Waals surface area contributed by atoms with Crippen LogP contribution in [-0.2, 0) is 0 Å². The van der Waals surface area contributed by atoms with Crippen molar-refractivity contribution in [1.82, 2.24) is 0 Å². The maximum absolute atomic E-state index is 5.21. The van der Waals surface area contributed by atoms with Crippen molar-refractivity contribution in [2.24, 2.45) is 0 Å². The maximum atomic E-state index is 5.21. The first-order chi connectivity index (χ1) is 4.43. The molecule has 0 aliphatic carbocycles. The van der Waals surface area contributed by atoms with Crippen molar-refractivity contribution in [2.75, 3.05) is 6.61 Å². The molecule has 0 fully saturated rings. The van der Waals surface area contributed by atoms with Gasteiger partial charge >= 0.3 is 26.2 Å². The second-order valence-corrected chi connectivity index (χ2v) is 1.75. The van der Waals surface area contributed by atoms with Crippen LogP contribution in [0.25, 0.3) is 0 Å². The van der Waals surface area contributed by atoms with E-state index in [1.165, 1.54) is 0 Å². The van der Waals surface area contributed by atoms with Gasteiger partial charge in [0.25, 0.3) is 0 Å². The molecule has 0 amide bonds. The predicted octanol–water partition coefficient (Wildman–Crippen LogP) is 0.901. The summed E-state index contributed by atoms with van der Waals surface area (Å²) in [6.07, 6.45) is 0. The van der Waals surface area contributed by atoms with Crippen molar-refractivity contribution >= 4 is 26.2 Å². The molecule has 0 unspecified atom stereocenters. The third kappa shape index (κ3) is 3.17. The van der Waals surface area contributed by atoms with Crippen LogP contribution in [0.15, 0.2) is 30.3 Å². The Labute approximate surface area is 80.5 Å². The van der Waals surface area contributed by atoms with Crippen molar-refractivity contribution in [2.45, 2.75) is 6.92 Å². The fourth-order valence-electron chi connectivity index (χ4n) is 0.683. The Bertz CT molecular complexity index is 162. The molecule has 1 aromatic carbocycles. The molecular weight excluding hydrogens is 321 g/mol. The molecule has 0 saturated heterocycles. The van der Waals surface area contributed by atoms with Gasteiger partial charge in [-0.2, -0.15) is 0 Å². The van der Waals surface area contributed by atoms with E-state index in [0.29, 0.717) is 0 Å². The summed E-state index contributed by atoms with van der Waals surface area (Å²) in [5, 5.41) is 0. The second kappa shape index (κ2) is 5.67. The Morgan fingerprint density at radius 1 is 1.20 bits per heavy atom. The molecule has 1 nitrogen and oxygen atoms in total. The van der Waals surface area contributed by atoms with Crippen LogP contribution in [-0.4, -0.2) is 32.8 Å².